The molecule has 3 nitrogen and oxygen atoms in total. The van der Waals surface area contributed by atoms with Gasteiger partial charge in [0.2, 0.25) is 0 Å². The van der Waals surface area contributed by atoms with Crippen molar-refractivity contribution in [3.63, 3.8) is 0 Å². The van der Waals surface area contributed by atoms with Crippen LogP contribution in [-0.2, 0) is 5.75 Å². The Labute approximate surface area is 131 Å². The lowest BCUT2D eigenvalue weighted by Crippen LogP contribution is -2.05. The number of thioether (sulfide) groups is 1. The van der Waals surface area contributed by atoms with Crippen molar-refractivity contribution in [3.8, 4) is 0 Å². The highest BCUT2D eigenvalue weighted by Gasteiger charge is 2.17. The number of pyridine rings is 1. The number of carbonyl (C=O) groups is 1. The summed E-state index contributed by atoms with van der Waals surface area (Å²) in [4.78, 5) is 15.6. The molecule has 0 amide bonds. The first kappa shape index (κ1) is 15.8. The summed E-state index contributed by atoms with van der Waals surface area (Å²) in [5.74, 6) is -1.15. The number of benzene rings is 1. The first-order valence-corrected chi connectivity index (χ1v) is 7.53. The molecule has 0 fully saturated rings. The van der Waals surface area contributed by atoms with Crippen molar-refractivity contribution in [2.75, 3.05) is 0 Å². The summed E-state index contributed by atoms with van der Waals surface area (Å²) >= 11 is 7.14. The van der Waals surface area contributed by atoms with Crippen molar-refractivity contribution < 1.29 is 14.3 Å². The Bertz CT molecular complexity index is 706. The summed E-state index contributed by atoms with van der Waals surface area (Å²) in [5.41, 5.74) is 2.19. The molecule has 1 aromatic heterocycles. The lowest BCUT2D eigenvalue weighted by molar-refractivity contribution is 0.0691. The molecule has 1 N–H and O–H groups in total. The zero-order valence-corrected chi connectivity index (χ0v) is 13.1. The second kappa shape index (κ2) is 6.45. The average Bonchev–Trinajstić information content (AvgIpc) is 2.39. The summed E-state index contributed by atoms with van der Waals surface area (Å²) in [6.45, 7) is 3.54. The van der Waals surface area contributed by atoms with Crippen LogP contribution in [0, 0.1) is 19.7 Å². The van der Waals surface area contributed by atoms with E-state index in [1.54, 1.807) is 32.0 Å². The molecule has 2 aromatic rings. The minimum absolute atomic E-state index is 0.0613. The van der Waals surface area contributed by atoms with E-state index in [-0.39, 0.29) is 10.6 Å². The van der Waals surface area contributed by atoms with E-state index in [9.17, 15) is 14.3 Å². The molecule has 0 spiro atoms. The number of carboxylic acids is 1. The first-order chi connectivity index (χ1) is 9.90. The van der Waals surface area contributed by atoms with Gasteiger partial charge in [0.05, 0.1) is 10.6 Å². The van der Waals surface area contributed by atoms with Gasteiger partial charge in [-0.2, -0.15) is 0 Å². The number of aromatic carboxylic acids is 1. The van der Waals surface area contributed by atoms with Crippen molar-refractivity contribution in [3.05, 3.63) is 57.5 Å². The van der Waals surface area contributed by atoms with Gasteiger partial charge in [-0.15, -0.1) is 11.8 Å². The molecule has 0 saturated heterocycles. The van der Waals surface area contributed by atoms with E-state index in [2.05, 4.69) is 4.98 Å². The van der Waals surface area contributed by atoms with E-state index in [0.717, 1.165) is 5.69 Å². The Hall–Kier alpha value is -1.59. The molecule has 0 aliphatic rings. The van der Waals surface area contributed by atoms with Gasteiger partial charge in [-0.3, -0.25) is 0 Å². The molecule has 2 rings (SSSR count). The summed E-state index contributed by atoms with van der Waals surface area (Å²) in [7, 11) is 0. The largest absolute Gasteiger partial charge is 0.478 e. The van der Waals surface area contributed by atoms with Crippen molar-refractivity contribution in [1.29, 1.82) is 0 Å². The van der Waals surface area contributed by atoms with E-state index >= 15 is 0 Å². The number of nitrogens with zero attached hydrogens (tertiary/aromatic N) is 1. The number of rotatable bonds is 4. The fourth-order valence-electron chi connectivity index (χ4n) is 1.97. The first-order valence-electron chi connectivity index (χ1n) is 6.17. The van der Waals surface area contributed by atoms with Gasteiger partial charge in [0.15, 0.2) is 0 Å². The number of halogens is 2. The molecule has 0 saturated carbocycles. The van der Waals surface area contributed by atoms with Crippen LogP contribution < -0.4 is 0 Å². The van der Waals surface area contributed by atoms with Crippen LogP contribution in [0.5, 0.6) is 0 Å². The van der Waals surface area contributed by atoms with Crippen LogP contribution >= 0.6 is 23.4 Å². The van der Waals surface area contributed by atoms with Crippen LogP contribution in [0.3, 0.4) is 0 Å². The van der Waals surface area contributed by atoms with Gasteiger partial charge < -0.3 is 5.11 Å². The predicted molar refractivity (Wildman–Crippen MR) is 81.6 cm³/mol. The molecule has 21 heavy (non-hydrogen) atoms. The molecule has 1 aromatic carbocycles. The topological polar surface area (TPSA) is 50.2 Å². The summed E-state index contributed by atoms with van der Waals surface area (Å²) < 4.78 is 13.4. The van der Waals surface area contributed by atoms with Gasteiger partial charge in [-0.05, 0) is 37.1 Å². The normalized spacial score (nSPS) is 10.7. The molecule has 0 radical (unpaired) electrons. The number of hydrogen-bond donors (Lipinski definition) is 1. The van der Waals surface area contributed by atoms with Gasteiger partial charge in [0.25, 0.3) is 0 Å². The van der Waals surface area contributed by atoms with E-state index in [1.165, 1.54) is 17.8 Å². The average molecular weight is 326 g/mol. The molecule has 0 aliphatic carbocycles. The van der Waals surface area contributed by atoms with Crippen LogP contribution in [0.15, 0.2) is 29.3 Å². The second-order valence-corrected chi connectivity index (χ2v) is 5.91. The van der Waals surface area contributed by atoms with Gasteiger partial charge in [-0.25, -0.2) is 14.2 Å². The minimum Gasteiger partial charge on any atom is -0.478 e. The van der Waals surface area contributed by atoms with Gasteiger partial charge in [0, 0.05) is 11.4 Å². The number of aromatic nitrogens is 1. The fraction of sp³-hybridized carbons (Fsp3) is 0.200. The van der Waals surface area contributed by atoms with E-state index in [0.29, 0.717) is 21.9 Å². The van der Waals surface area contributed by atoms with Crippen LogP contribution in [0.4, 0.5) is 4.39 Å². The van der Waals surface area contributed by atoms with Crippen molar-refractivity contribution >= 4 is 29.3 Å². The number of aryl methyl sites for hydroxylation is 2. The zero-order chi connectivity index (χ0) is 15.6. The maximum Gasteiger partial charge on any atom is 0.338 e. The molecule has 0 aliphatic heterocycles. The van der Waals surface area contributed by atoms with Gasteiger partial charge in [0.1, 0.15) is 10.8 Å². The number of hydrogen-bond acceptors (Lipinski definition) is 3. The third kappa shape index (κ3) is 3.54. The molecule has 1 heterocycles. The smallest absolute Gasteiger partial charge is 0.338 e. The summed E-state index contributed by atoms with van der Waals surface area (Å²) in [6, 6.07) is 6.29. The minimum atomic E-state index is -1.02. The highest BCUT2D eigenvalue weighted by atomic mass is 35.5. The van der Waals surface area contributed by atoms with E-state index in [1.807, 2.05) is 0 Å². The zero-order valence-electron chi connectivity index (χ0n) is 11.5. The third-order valence-corrected chi connectivity index (χ3v) is 4.37. The SMILES string of the molecule is Cc1cc(C)c(C(=O)O)c(SCc2cccc(F)c2Cl)n1. The lowest BCUT2D eigenvalue weighted by Gasteiger charge is -2.10. The Morgan fingerprint density at radius 2 is 2.14 bits per heavy atom. The second-order valence-electron chi connectivity index (χ2n) is 4.57. The standard InChI is InChI=1S/C15H13ClFNO2S/c1-8-6-9(2)18-14(12(8)15(19)20)21-7-10-4-3-5-11(17)13(10)16/h3-6H,7H2,1-2H3,(H,19,20). The maximum absolute atomic E-state index is 13.4. The monoisotopic (exact) mass is 325 g/mol. The Morgan fingerprint density at radius 3 is 2.81 bits per heavy atom. The highest BCUT2D eigenvalue weighted by Crippen LogP contribution is 2.30. The number of carboxylic acid groups (broad SMARTS) is 1. The Balaban J connectivity index is 2.32. The maximum atomic E-state index is 13.4. The molecule has 0 bridgehead atoms. The molecule has 110 valence electrons. The lowest BCUT2D eigenvalue weighted by atomic mass is 10.1. The van der Waals surface area contributed by atoms with Crippen LogP contribution in [-0.4, -0.2) is 16.1 Å². The molecular formula is C15H13ClFNO2S. The van der Waals surface area contributed by atoms with Crippen LogP contribution in [0.2, 0.25) is 5.02 Å². The molecule has 0 atom stereocenters. The Kier molecular flexibility index (Phi) is 4.85. The van der Waals surface area contributed by atoms with Crippen LogP contribution in [0.1, 0.15) is 27.2 Å². The molecule has 6 heteroatoms. The van der Waals surface area contributed by atoms with Crippen molar-refractivity contribution in [1.82, 2.24) is 4.98 Å². The molecular weight excluding hydrogens is 313 g/mol. The Morgan fingerprint density at radius 1 is 1.43 bits per heavy atom. The highest BCUT2D eigenvalue weighted by molar-refractivity contribution is 7.98. The van der Waals surface area contributed by atoms with E-state index < -0.39 is 11.8 Å². The third-order valence-electron chi connectivity index (χ3n) is 2.92. The fourth-order valence-corrected chi connectivity index (χ4v) is 3.38. The van der Waals surface area contributed by atoms with Gasteiger partial charge in [-0.1, -0.05) is 23.7 Å². The van der Waals surface area contributed by atoms with Crippen molar-refractivity contribution in [2.24, 2.45) is 0 Å². The van der Waals surface area contributed by atoms with Crippen molar-refractivity contribution in [2.45, 2.75) is 24.6 Å². The van der Waals surface area contributed by atoms with E-state index in [4.69, 9.17) is 11.6 Å². The molecule has 0 unspecified atom stereocenters. The van der Waals surface area contributed by atoms with Gasteiger partial charge >= 0.3 is 5.97 Å². The quantitative estimate of drug-likeness (QED) is 0.842. The summed E-state index contributed by atoms with van der Waals surface area (Å²) in [6.07, 6.45) is 0. The predicted octanol–water partition coefficient (Wildman–Crippen LogP) is 4.48. The van der Waals surface area contributed by atoms with Crippen LogP contribution in [0.25, 0.3) is 0 Å². The summed E-state index contributed by atoms with van der Waals surface area (Å²) in [5, 5.41) is 9.77.